The van der Waals surface area contributed by atoms with Crippen molar-refractivity contribution < 1.29 is 0 Å². The maximum absolute atomic E-state index is 11.4. The molecule has 0 aliphatic heterocycles. The Bertz CT molecular complexity index is 384. The second-order valence-electron chi connectivity index (χ2n) is 4.50. The smallest absolute Gasteiger partial charge is 0.186 e. The number of hydrogen-bond acceptors (Lipinski definition) is 3. The molecule has 1 atom stereocenters. The number of H-pyrrole nitrogens is 1. The van der Waals surface area contributed by atoms with E-state index in [0.29, 0.717) is 12.6 Å². The highest BCUT2D eigenvalue weighted by molar-refractivity contribution is 5.08. The van der Waals surface area contributed by atoms with Crippen molar-refractivity contribution in [3.63, 3.8) is 0 Å². The van der Waals surface area contributed by atoms with Crippen LogP contribution in [0.2, 0.25) is 0 Å². The van der Waals surface area contributed by atoms with E-state index in [9.17, 15) is 4.79 Å². The van der Waals surface area contributed by atoms with Crippen molar-refractivity contribution in [2.45, 2.75) is 38.4 Å². The molecule has 1 aliphatic rings. The number of hydrogen-bond donors (Lipinski definition) is 3. The van der Waals surface area contributed by atoms with E-state index >= 15 is 0 Å². The summed E-state index contributed by atoms with van der Waals surface area (Å²) in [5.41, 5.74) is 0.884. The van der Waals surface area contributed by atoms with Crippen LogP contribution in [-0.2, 0) is 6.54 Å². The van der Waals surface area contributed by atoms with Gasteiger partial charge >= 0.3 is 0 Å². The molecule has 1 fully saturated rings. The predicted octanol–water partition coefficient (Wildman–Crippen LogP) is 0.605. The molecule has 0 saturated heterocycles. The lowest BCUT2D eigenvalue weighted by Crippen LogP contribution is -2.37. The molecule has 1 aliphatic carbocycles. The van der Waals surface area contributed by atoms with E-state index in [2.05, 4.69) is 22.5 Å². The van der Waals surface area contributed by atoms with Crippen molar-refractivity contribution >= 4 is 0 Å². The van der Waals surface area contributed by atoms with Gasteiger partial charge in [-0.05, 0) is 19.8 Å². The zero-order valence-corrected chi connectivity index (χ0v) is 9.62. The molecule has 1 heterocycles. The van der Waals surface area contributed by atoms with E-state index in [1.165, 1.54) is 12.8 Å². The van der Waals surface area contributed by atoms with Gasteiger partial charge in [0.05, 0.1) is 0 Å². The Morgan fingerprint density at radius 2 is 2.38 bits per heavy atom. The van der Waals surface area contributed by atoms with Crippen LogP contribution >= 0.6 is 0 Å². The van der Waals surface area contributed by atoms with Crippen LogP contribution < -0.4 is 16.1 Å². The van der Waals surface area contributed by atoms with E-state index < -0.39 is 0 Å². The van der Waals surface area contributed by atoms with E-state index in [-0.39, 0.29) is 5.43 Å². The fourth-order valence-electron chi connectivity index (χ4n) is 1.58. The third kappa shape index (κ3) is 3.47. The van der Waals surface area contributed by atoms with Gasteiger partial charge in [-0.3, -0.25) is 4.79 Å². The van der Waals surface area contributed by atoms with Gasteiger partial charge in [-0.2, -0.15) is 0 Å². The fraction of sp³-hybridized carbons (Fsp3) is 0.583. The first-order valence-electron chi connectivity index (χ1n) is 5.88. The molecular weight excluding hydrogens is 202 g/mol. The number of aromatic amines is 1. The van der Waals surface area contributed by atoms with Crippen LogP contribution in [0.1, 0.15) is 25.3 Å². The Kier molecular flexibility index (Phi) is 3.74. The number of aromatic nitrogens is 1. The van der Waals surface area contributed by atoms with Crippen LogP contribution in [0.25, 0.3) is 0 Å². The second-order valence-corrected chi connectivity index (χ2v) is 4.50. The minimum Gasteiger partial charge on any atom is -0.367 e. The lowest BCUT2D eigenvalue weighted by Gasteiger charge is -2.14. The average Bonchev–Trinajstić information content (AvgIpc) is 3.09. The maximum atomic E-state index is 11.4. The Balaban J connectivity index is 1.73. The summed E-state index contributed by atoms with van der Waals surface area (Å²) in [7, 11) is 0. The summed E-state index contributed by atoms with van der Waals surface area (Å²) in [5, 5.41) is 6.80. The number of pyridine rings is 1. The first-order valence-corrected chi connectivity index (χ1v) is 5.88. The van der Waals surface area contributed by atoms with Crippen LogP contribution in [-0.4, -0.2) is 23.6 Å². The van der Waals surface area contributed by atoms with Gasteiger partial charge in [0, 0.05) is 49.2 Å². The van der Waals surface area contributed by atoms with E-state index in [0.717, 1.165) is 18.2 Å². The molecule has 1 saturated carbocycles. The molecule has 4 nitrogen and oxygen atoms in total. The summed E-state index contributed by atoms with van der Waals surface area (Å²) in [4.78, 5) is 14.4. The SMILES string of the molecule is CC(CNC1CC1)NCc1c[nH]ccc1=O. The number of nitrogens with one attached hydrogen (secondary N) is 3. The molecule has 0 amide bonds. The monoisotopic (exact) mass is 221 g/mol. The summed E-state index contributed by atoms with van der Waals surface area (Å²) in [6.45, 7) is 3.73. The molecule has 1 aromatic heterocycles. The maximum Gasteiger partial charge on any atom is 0.186 e. The van der Waals surface area contributed by atoms with E-state index in [4.69, 9.17) is 0 Å². The van der Waals surface area contributed by atoms with Gasteiger partial charge in [-0.25, -0.2) is 0 Å². The van der Waals surface area contributed by atoms with Crippen molar-refractivity contribution in [1.29, 1.82) is 0 Å². The van der Waals surface area contributed by atoms with Gasteiger partial charge < -0.3 is 15.6 Å². The summed E-state index contributed by atoms with van der Waals surface area (Å²) in [6.07, 6.45) is 6.04. The Morgan fingerprint density at radius 3 is 3.06 bits per heavy atom. The molecular formula is C12H19N3O. The zero-order valence-electron chi connectivity index (χ0n) is 9.62. The highest BCUT2D eigenvalue weighted by Gasteiger charge is 2.20. The predicted molar refractivity (Wildman–Crippen MR) is 64.4 cm³/mol. The summed E-state index contributed by atoms with van der Waals surface area (Å²) >= 11 is 0. The van der Waals surface area contributed by atoms with Crippen LogP contribution in [0, 0.1) is 0 Å². The second kappa shape index (κ2) is 5.27. The minimum atomic E-state index is 0.0913. The van der Waals surface area contributed by atoms with E-state index in [1.807, 2.05) is 0 Å². The van der Waals surface area contributed by atoms with Gasteiger partial charge in [0.2, 0.25) is 0 Å². The Morgan fingerprint density at radius 1 is 1.56 bits per heavy atom. The van der Waals surface area contributed by atoms with Crippen LogP contribution in [0.5, 0.6) is 0 Å². The standard InChI is InChI=1S/C12H19N3O/c1-9(6-15-11-2-3-11)14-8-10-7-13-5-4-12(10)16/h4-5,7,9,11,14-15H,2-3,6,8H2,1H3,(H,13,16). The lowest BCUT2D eigenvalue weighted by molar-refractivity contribution is 0.499. The van der Waals surface area contributed by atoms with E-state index in [1.54, 1.807) is 18.5 Å². The highest BCUT2D eigenvalue weighted by atomic mass is 16.1. The molecule has 0 bridgehead atoms. The molecule has 3 N–H and O–H groups in total. The van der Waals surface area contributed by atoms with Crippen molar-refractivity contribution in [2.75, 3.05) is 6.54 Å². The molecule has 2 rings (SSSR count). The lowest BCUT2D eigenvalue weighted by atomic mass is 10.2. The first kappa shape index (κ1) is 11.4. The van der Waals surface area contributed by atoms with Crippen molar-refractivity contribution in [3.8, 4) is 0 Å². The summed E-state index contributed by atoms with van der Waals surface area (Å²) in [6, 6.07) is 2.69. The molecule has 1 aromatic rings. The fourth-order valence-corrected chi connectivity index (χ4v) is 1.58. The van der Waals surface area contributed by atoms with Gasteiger partial charge in [0.25, 0.3) is 0 Å². The van der Waals surface area contributed by atoms with Crippen molar-refractivity contribution in [1.82, 2.24) is 15.6 Å². The highest BCUT2D eigenvalue weighted by Crippen LogP contribution is 2.18. The first-order chi connectivity index (χ1) is 7.75. The van der Waals surface area contributed by atoms with Crippen LogP contribution in [0.4, 0.5) is 0 Å². The molecule has 0 radical (unpaired) electrons. The Hall–Kier alpha value is -1.13. The zero-order chi connectivity index (χ0) is 11.4. The molecule has 88 valence electrons. The summed E-state index contributed by atoms with van der Waals surface area (Å²) < 4.78 is 0. The summed E-state index contributed by atoms with van der Waals surface area (Å²) in [5.74, 6) is 0. The van der Waals surface area contributed by atoms with Crippen LogP contribution in [0.15, 0.2) is 23.3 Å². The quantitative estimate of drug-likeness (QED) is 0.659. The Labute approximate surface area is 95.5 Å². The van der Waals surface area contributed by atoms with Crippen molar-refractivity contribution in [2.24, 2.45) is 0 Å². The third-order valence-corrected chi connectivity index (χ3v) is 2.84. The molecule has 1 unspecified atom stereocenters. The van der Waals surface area contributed by atoms with Gasteiger partial charge in [0.1, 0.15) is 0 Å². The van der Waals surface area contributed by atoms with Crippen LogP contribution in [0.3, 0.4) is 0 Å². The normalized spacial score (nSPS) is 17.3. The molecule has 16 heavy (non-hydrogen) atoms. The van der Waals surface area contributed by atoms with Gasteiger partial charge in [-0.1, -0.05) is 0 Å². The van der Waals surface area contributed by atoms with Crippen molar-refractivity contribution in [3.05, 3.63) is 34.2 Å². The third-order valence-electron chi connectivity index (χ3n) is 2.84. The molecule has 0 spiro atoms. The topological polar surface area (TPSA) is 56.9 Å². The largest absolute Gasteiger partial charge is 0.367 e. The van der Waals surface area contributed by atoms with Gasteiger partial charge in [0.15, 0.2) is 5.43 Å². The number of rotatable bonds is 6. The molecule has 4 heteroatoms. The van der Waals surface area contributed by atoms with Gasteiger partial charge in [-0.15, -0.1) is 0 Å². The minimum absolute atomic E-state index is 0.0913. The average molecular weight is 221 g/mol. The molecule has 0 aromatic carbocycles.